The number of hydrogen-bond donors (Lipinski definition) is 1. The van der Waals surface area contributed by atoms with E-state index in [1.54, 1.807) is 0 Å². The monoisotopic (exact) mass is 346 g/mol. The van der Waals surface area contributed by atoms with Crippen LogP contribution in [0.1, 0.15) is 44.9 Å². The van der Waals surface area contributed by atoms with E-state index >= 15 is 0 Å². The lowest BCUT2D eigenvalue weighted by atomic mass is 10.0. The van der Waals surface area contributed by atoms with Gasteiger partial charge in [0.15, 0.2) is 0 Å². The second kappa shape index (κ2) is 8.53. The molecule has 21 heavy (non-hydrogen) atoms. The summed E-state index contributed by atoms with van der Waals surface area (Å²) in [5, 5.41) is 0.603. The van der Waals surface area contributed by atoms with Crippen molar-refractivity contribution >= 4 is 30.2 Å². The average molecular weight is 347 g/mol. The summed E-state index contributed by atoms with van der Waals surface area (Å²) in [4.78, 5) is 0. The molecular weight excluding hydrogens is 312 g/mol. The minimum Gasteiger partial charge on any atom is -0.382 e. The van der Waals surface area contributed by atoms with E-state index in [0.717, 1.165) is 13.2 Å². The molecule has 2 aliphatic rings. The normalized spacial score (nSPS) is 33.9. The summed E-state index contributed by atoms with van der Waals surface area (Å²) in [6.07, 6.45) is 9.01. The fraction of sp³-hybridized carbons (Fsp3) is 1.00. The minimum absolute atomic E-state index is 0.156. The molecule has 0 spiro atoms. The first-order valence-electron chi connectivity index (χ1n) is 9.00. The van der Waals surface area contributed by atoms with Gasteiger partial charge < -0.3 is 9.47 Å². The molecule has 124 valence electrons. The standard InChI is InChI=1S/C16H34O2SSi2/c1-20(2)16(10-5-7-12-18-16)14(19)9-13-21(3)15-8-4-6-11-17-15/h14-15,19-21H,4-13H2,1-3H3. The third-order valence-electron chi connectivity index (χ3n) is 5.62. The van der Waals surface area contributed by atoms with Gasteiger partial charge >= 0.3 is 0 Å². The molecule has 0 aromatic heterocycles. The van der Waals surface area contributed by atoms with Gasteiger partial charge in [0.05, 0.1) is 22.8 Å². The molecule has 0 aromatic rings. The number of thiol groups is 1. The van der Waals surface area contributed by atoms with Gasteiger partial charge in [0.1, 0.15) is 0 Å². The Balaban J connectivity index is 1.85. The molecule has 2 nitrogen and oxygen atoms in total. The van der Waals surface area contributed by atoms with Crippen LogP contribution in [0.3, 0.4) is 0 Å². The summed E-state index contributed by atoms with van der Waals surface area (Å²) in [6.45, 7) is 9.34. The minimum atomic E-state index is -0.857. The predicted molar refractivity (Wildman–Crippen MR) is 100 cm³/mol. The first kappa shape index (κ1) is 18.0. The molecule has 4 unspecified atom stereocenters. The second-order valence-corrected chi connectivity index (χ2v) is 14.6. The molecule has 0 saturated carbocycles. The Labute approximate surface area is 140 Å². The average Bonchev–Trinajstić information content (AvgIpc) is 2.53. The summed E-state index contributed by atoms with van der Waals surface area (Å²) in [6, 6.07) is 1.37. The molecule has 0 radical (unpaired) electrons. The number of rotatable bonds is 6. The van der Waals surface area contributed by atoms with Crippen molar-refractivity contribution in [2.75, 3.05) is 13.2 Å². The van der Waals surface area contributed by atoms with Gasteiger partial charge in [-0.15, -0.1) is 0 Å². The van der Waals surface area contributed by atoms with Gasteiger partial charge in [0.25, 0.3) is 0 Å². The van der Waals surface area contributed by atoms with Gasteiger partial charge in [-0.3, -0.25) is 0 Å². The van der Waals surface area contributed by atoms with Crippen LogP contribution in [0, 0.1) is 0 Å². The Morgan fingerprint density at radius 3 is 2.48 bits per heavy atom. The molecule has 2 fully saturated rings. The molecule has 2 heterocycles. The van der Waals surface area contributed by atoms with Crippen LogP contribution in [-0.4, -0.2) is 47.0 Å². The predicted octanol–water partition coefficient (Wildman–Crippen LogP) is 3.61. The third-order valence-corrected chi connectivity index (χ3v) is 12.4. The van der Waals surface area contributed by atoms with E-state index in [9.17, 15) is 0 Å². The van der Waals surface area contributed by atoms with Crippen molar-refractivity contribution in [3.8, 4) is 0 Å². The van der Waals surface area contributed by atoms with Gasteiger partial charge in [0, 0.05) is 24.2 Å². The third kappa shape index (κ3) is 4.59. The van der Waals surface area contributed by atoms with E-state index in [0.29, 0.717) is 11.0 Å². The van der Waals surface area contributed by atoms with E-state index in [2.05, 4.69) is 19.6 Å². The number of hydrogen-bond acceptors (Lipinski definition) is 3. The molecule has 2 aliphatic heterocycles. The van der Waals surface area contributed by atoms with Crippen LogP contribution >= 0.6 is 12.6 Å². The largest absolute Gasteiger partial charge is 0.382 e. The maximum Gasteiger partial charge on any atom is 0.0709 e. The topological polar surface area (TPSA) is 18.5 Å². The second-order valence-electron chi connectivity index (χ2n) is 7.39. The first-order valence-corrected chi connectivity index (χ1v) is 15.0. The highest BCUT2D eigenvalue weighted by Gasteiger charge is 2.42. The molecule has 0 bridgehead atoms. The molecule has 5 heteroatoms. The van der Waals surface area contributed by atoms with Crippen molar-refractivity contribution in [3.05, 3.63) is 0 Å². The smallest absolute Gasteiger partial charge is 0.0709 e. The lowest BCUT2D eigenvalue weighted by Crippen LogP contribution is -2.54. The quantitative estimate of drug-likeness (QED) is 0.585. The first-order chi connectivity index (χ1) is 10.1. The summed E-state index contributed by atoms with van der Waals surface area (Å²) in [5.41, 5.74) is 0.624. The van der Waals surface area contributed by atoms with Crippen molar-refractivity contribution in [3.63, 3.8) is 0 Å². The zero-order chi connectivity index (χ0) is 15.3. The molecule has 0 N–H and O–H groups in total. The zero-order valence-electron chi connectivity index (χ0n) is 14.1. The Hall–Kier alpha value is 0.704. The van der Waals surface area contributed by atoms with E-state index in [1.165, 1.54) is 51.0 Å². The van der Waals surface area contributed by atoms with E-state index in [1.807, 2.05) is 0 Å². The SMILES string of the molecule is C[SiH](CCC(S)C1([SiH](C)C)CCCCO1)C1CCCCO1. The molecule has 4 atom stereocenters. The number of ether oxygens (including phenoxy) is 2. The fourth-order valence-corrected chi connectivity index (χ4v) is 10.2. The van der Waals surface area contributed by atoms with Crippen LogP contribution in [0.25, 0.3) is 0 Å². The van der Waals surface area contributed by atoms with Crippen LogP contribution in [0.5, 0.6) is 0 Å². The van der Waals surface area contributed by atoms with Crippen molar-refractivity contribution in [1.82, 2.24) is 0 Å². The maximum absolute atomic E-state index is 6.34. The molecule has 2 rings (SSSR count). The zero-order valence-corrected chi connectivity index (χ0v) is 17.3. The van der Waals surface area contributed by atoms with Gasteiger partial charge in [-0.2, -0.15) is 12.6 Å². The Kier molecular flexibility index (Phi) is 7.33. The van der Waals surface area contributed by atoms with Crippen LogP contribution in [-0.2, 0) is 9.47 Å². The van der Waals surface area contributed by atoms with E-state index < -0.39 is 17.6 Å². The molecule has 0 aliphatic carbocycles. The summed E-state index contributed by atoms with van der Waals surface area (Å²) in [7, 11) is -1.62. The van der Waals surface area contributed by atoms with Crippen LogP contribution in [0.15, 0.2) is 0 Å². The molecule has 0 amide bonds. The van der Waals surface area contributed by atoms with Crippen molar-refractivity contribution in [2.24, 2.45) is 0 Å². The molecule has 2 saturated heterocycles. The lowest BCUT2D eigenvalue weighted by molar-refractivity contribution is -0.0237. The van der Waals surface area contributed by atoms with E-state index in [-0.39, 0.29) is 5.22 Å². The van der Waals surface area contributed by atoms with Crippen LogP contribution in [0.4, 0.5) is 0 Å². The summed E-state index contributed by atoms with van der Waals surface area (Å²) >= 11 is 5.03. The molecule has 0 aromatic carbocycles. The van der Waals surface area contributed by atoms with Gasteiger partial charge in [0.2, 0.25) is 0 Å². The van der Waals surface area contributed by atoms with Gasteiger partial charge in [-0.1, -0.05) is 25.7 Å². The van der Waals surface area contributed by atoms with E-state index in [4.69, 9.17) is 22.1 Å². The van der Waals surface area contributed by atoms with Gasteiger partial charge in [-0.25, -0.2) is 0 Å². The maximum atomic E-state index is 6.34. The highest BCUT2D eigenvalue weighted by atomic mass is 32.1. The molecular formula is C16H34O2SSi2. The van der Waals surface area contributed by atoms with Gasteiger partial charge in [-0.05, 0) is 44.9 Å². The summed E-state index contributed by atoms with van der Waals surface area (Å²) < 4.78 is 12.3. The summed E-state index contributed by atoms with van der Waals surface area (Å²) in [5.74, 6) is 0. The Morgan fingerprint density at radius 2 is 1.90 bits per heavy atom. The fourth-order valence-electron chi connectivity index (χ4n) is 4.01. The Bertz CT molecular complexity index is 303. The highest BCUT2D eigenvalue weighted by Crippen LogP contribution is 2.36. The van der Waals surface area contributed by atoms with Crippen LogP contribution < -0.4 is 0 Å². The van der Waals surface area contributed by atoms with Crippen LogP contribution in [0.2, 0.25) is 25.7 Å². The Morgan fingerprint density at radius 1 is 1.14 bits per heavy atom. The van der Waals surface area contributed by atoms with Crippen molar-refractivity contribution in [1.29, 1.82) is 0 Å². The lowest BCUT2D eigenvalue weighted by Gasteiger charge is -2.45. The van der Waals surface area contributed by atoms with Crippen molar-refractivity contribution in [2.45, 2.75) is 86.8 Å². The van der Waals surface area contributed by atoms with Crippen molar-refractivity contribution < 1.29 is 9.47 Å². The highest BCUT2D eigenvalue weighted by molar-refractivity contribution is 7.81.